The van der Waals surface area contributed by atoms with E-state index in [0.29, 0.717) is 5.92 Å². The largest absolute Gasteiger partial charge is 0.347 e. The Bertz CT molecular complexity index is 450. The number of hydrogen-bond acceptors (Lipinski definition) is 3. The summed E-state index contributed by atoms with van der Waals surface area (Å²) in [7, 11) is 0. The zero-order valence-corrected chi connectivity index (χ0v) is 14.0. The average Bonchev–Trinajstić information content (AvgIpc) is 2.96. The van der Waals surface area contributed by atoms with Gasteiger partial charge in [0.2, 0.25) is 0 Å². The molecule has 1 unspecified atom stereocenters. The Morgan fingerprint density at radius 1 is 1.09 bits per heavy atom. The molecule has 0 aromatic heterocycles. The summed E-state index contributed by atoms with van der Waals surface area (Å²) in [5.41, 5.74) is 1.47. The van der Waals surface area contributed by atoms with Crippen molar-refractivity contribution in [2.45, 2.75) is 57.3 Å². The van der Waals surface area contributed by atoms with Gasteiger partial charge in [-0.05, 0) is 37.4 Å². The van der Waals surface area contributed by atoms with Crippen LogP contribution in [0.2, 0.25) is 0 Å². The van der Waals surface area contributed by atoms with Gasteiger partial charge in [0, 0.05) is 19.4 Å². The first-order valence-electron chi connectivity index (χ1n) is 8.83. The summed E-state index contributed by atoms with van der Waals surface area (Å²) in [5.74, 6) is 0.379. The van der Waals surface area contributed by atoms with Crippen LogP contribution in [0, 0.1) is 0 Å². The van der Waals surface area contributed by atoms with Gasteiger partial charge in [-0.3, -0.25) is 0 Å². The van der Waals surface area contributed by atoms with Crippen LogP contribution in [0.15, 0.2) is 30.3 Å². The Morgan fingerprint density at radius 3 is 2.41 bits per heavy atom. The van der Waals surface area contributed by atoms with E-state index in [1.807, 2.05) is 0 Å². The molecule has 3 heteroatoms. The predicted molar refractivity (Wildman–Crippen MR) is 89.0 cm³/mol. The van der Waals surface area contributed by atoms with Crippen LogP contribution in [0.25, 0.3) is 0 Å². The normalized spacial score (nSPS) is 32.0. The van der Waals surface area contributed by atoms with Crippen LogP contribution >= 0.6 is 0 Å². The summed E-state index contributed by atoms with van der Waals surface area (Å²) >= 11 is 0. The van der Waals surface area contributed by atoms with Crippen LogP contribution < -0.4 is 0 Å². The number of likely N-dealkylation sites (N-methyl/N-ethyl adjacent to an activating group) is 1. The van der Waals surface area contributed by atoms with E-state index < -0.39 is 0 Å². The molecule has 1 saturated heterocycles. The predicted octanol–water partition coefficient (Wildman–Crippen LogP) is 3.80. The second kappa shape index (κ2) is 7.12. The van der Waals surface area contributed by atoms with Crippen molar-refractivity contribution in [1.82, 2.24) is 4.90 Å². The van der Waals surface area contributed by atoms with Gasteiger partial charge in [-0.2, -0.15) is 0 Å². The fourth-order valence-electron chi connectivity index (χ4n) is 3.85. The van der Waals surface area contributed by atoms with Crippen molar-refractivity contribution in [2.24, 2.45) is 0 Å². The minimum absolute atomic E-state index is 0.244. The summed E-state index contributed by atoms with van der Waals surface area (Å²) in [6.07, 6.45) is 4.64. The average molecular weight is 303 g/mol. The van der Waals surface area contributed by atoms with Crippen molar-refractivity contribution < 1.29 is 9.47 Å². The van der Waals surface area contributed by atoms with Crippen LogP contribution in [0.4, 0.5) is 0 Å². The molecule has 122 valence electrons. The monoisotopic (exact) mass is 303 g/mol. The second-order valence-corrected chi connectivity index (χ2v) is 6.63. The molecule has 22 heavy (non-hydrogen) atoms. The molecule has 0 bridgehead atoms. The molecular formula is C19H29NO2. The lowest BCUT2D eigenvalue weighted by Crippen LogP contribution is -2.38. The summed E-state index contributed by atoms with van der Waals surface area (Å²) in [6, 6.07) is 10.9. The van der Waals surface area contributed by atoms with Crippen LogP contribution in [-0.2, 0) is 9.47 Å². The standard InChI is InChI=1S/C19H29NO2/c1-3-20(4-2)14-18-15-21-19(22-18)12-10-17(11-13-19)16-8-6-5-7-9-16/h5-9,17-18H,3-4,10-15H2,1-2H3. The maximum atomic E-state index is 6.34. The number of hydrogen-bond donors (Lipinski definition) is 0. The highest BCUT2D eigenvalue weighted by molar-refractivity contribution is 5.20. The third kappa shape index (κ3) is 3.53. The smallest absolute Gasteiger partial charge is 0.169 e. The van der Waals surface area contributed by atoms with Gasteiger partial charge in [-0.25, -0.2) is 0 Å². The van der Waals surface area contributed by atoms with E-state index in [2.05, 4.69) is 49.1 Å². The highest BCUT2D eigenvalue weighted by Crippen LogP contribution is 2.43. The van der Waals surface area contributed by atoms with E-state index in [9.17, 15) is 0 Å². The molecule has 3 rings (SSSR count). The SMILES string of the molecule is CCN(CC)CC1COC2(CCC(c3ccccc3)CC2)O1. The second-order valence-electron chi connectivity index (χ2n) is 6.63. The van der Waals surface area contributed by atoms with Crippen molar-refractivity contribution in [3.8, 4) is 0 Å². The summed E-state index contributed by atoms with van der Waals surface area (Å²) in [4.78, 5) is 2.42. The van der Waals surface area contributed by atoms with Crippen LogP contribution in [-0.4, -0.2) is 43.0 Å². The van der Waals surface area contributed by atoms with E-state index in [4.69, 9.17) is 9.47 Å². The van der Waals surface area contributed by atoms with Crippen LogP contribution in [0.5, 0.6) is 0 Å². The van der Waals surface area contributed by atoms with Crippen LogP contribution in [0.3, 0.4) is 0 Å². The first kappa shape index (κ1) is 16.0. The Kier molecular flexibility index (Phi) is 5.17. The number of rotatable bonds is 5. The molecule has 1 atom stereocenters. The number of nitrogens with zero attached hydrogens (tertiary/aromatic N) is 1. The minimum atomic E-state index is -0.289. The van der Waals surface area contributed by atoms with Crippen LogP contribution in [0.1, 0.15) is 51.0 Å². The lowest BCUT2D eigenvalue weighted by molar-refractivity contribution is -0.190. The zero-order valence-electron chi connectivity index (χ0n) is 14.0. The van der Waals surface area contributed by atoms with Gasteiger partial charge in [0.25, 0.3) is 0 Å². The third-order valence-electron chi connectivity index (χ3n) is 5.29. The van der Waals surface area contributed by atoms with Gasteiger partial charge in [0.15, 0.2) is 5.79 Å². The lowest BCUT2D eigenvalue weighted by atomic mass is 9.81. The van der Waals surface area contributed by atoms with Gasteiger partial charge in [-0.1, -0.05) is 44.2 Å². The van der Waals surface area contributed by atoms with Gasteiger partial charge in [0.05, 0.1) is 12.7 Å². The third-order valence-corrected chi connectivity index (χ3v) is 5.29. The van der Waals surface area contributed by atoms with Gasteiger partial charge >= 0.3 is 0 Å². The molecule has 1 aliphatic carbocycles. The first-order chi connectivity index (χ1) is 10.7. The molecule has 0 N–H and O–H groups in total. The molecule has 1 aromatic rings. The molecule has 1 saturated carbocycles. The molecule has 1 aromatic carbocycles. The van der Waals surface area contributed by atoms with Gasteiger partial charge < -0.3 is 14.4 Å². The van der Waals surface area contributed by atoms with E-state index in [-0.39, 0.29) is 11.9 Å². The summed E-state index contributed by atoms with van der Waals surface area (Å²) in [6.45, 7) is 8.34. The van der Waals surface area contributed by atoms with E-state index in [1.54, 1.807) is 0 Å². The Morgan fingerprint density at radius 2 is 1.77 bits per heavy atom. The van der Waals surface area contributed by atoms with Crippen molar-refractivity contribution in [3.63, 3.8) is 0 Å². The fourth-order valence-corrected chi connectivity index (χ4v) is 3.85. The topological polar surface area (TPSA) is 21.7 Å². The Balaban J connectivity index is 1.53. The molecule has 1 aliphatic heterocycles. The quantitative estimate of drug-likeness (QED) is 0.826. The van der Waals surface area contributed by atoms with Crippen molar-refractivity contribution in [1.29, 1.82) is 0 Å². The molecule has 1 spiro atoms. The van der Waals surface area contributed by atoms with Crippen molar-refractivity contribution >= 4 is 0 Å². The lowest BCUT2D eigenvalue weighted by Gasteiger charge is -2.36. The fraction of sp³-hybridized carbons (Fsp3) is 0.684. The van der Waals surface area contributed by atoms with E-state index >= 15 is 0 Å². The molecule has 2 aliphatic rings. The molecule has 0 amide bonds. The number of benzene rings is 1. The molecule has 3 nitrogen and oxygen atoms in total. The number of ether oxygens (including phenoxy) is 2. The Labute approximate surface area is 134 Å². The van der Waals surface area contributed by atoms with Crippen molar-refractivity contribution in [3.05, 3.63) is 35.9 Å². The van der Waals surface area contributed by atoms with Gasteiger partial charge in [-0.15, -0.1) is 0 Å². The summed E-state index contributed by atoms with van der Waals surface area (Å²) in [5, 5.41) is 0. The zero-order chi connectivity index (χ0) is 15.4. The van der Waals surface area contributed by atoms with Gasteiger partial charge in [0.1, 0.15) is 0 Å². The van der Waals surface area contributed by atoms with E-state index in [0.717, 1.165) is 39.1 Å². The highest BCUT2D eigenvalue weighted by atomic mass is 16.7. The minimum Gasteiger partial charge on any atom is -0.347 e. The first-order valence-corrected chi connectivity index (χ1v) is 8.83. The summed E-state index contributed by atoms with van der Waals surface area (Å²) < 4.78 is 12.5. The molecule has 2 fully saturated rings. The van der Waals surface area contributed by atoms with Crippen molar-refractivity contribution in [2.75, 3.05) is 26.2 Å². The molecular weight excluding hydrogens is 274 g/mol. The maximum Gasteiger partial charge on any atom is 0.169 e. The van der Waals surface area contributed by atoms with E-state index in [1.165, 1.54) is 18.4 Å². The Hall–Kier alpha value is -0.900. The molecule has 0 radical (unpaired) electrons. The maximum absolute atomic E-state index is 6.34. The molecule has 1 heterocycles. The highest BCUT2D eigenvalue weighted by Gasteiger charge is 2.44.